The van der Waals surface area contributed by atoms with Crippen molar-refractivity contribution in [2.45, 2.75) is 30.7 Å². The molecule has 10 nitrogen and oxygen atoms in total. The molecule has 0 saturated carbocycles. The zero-order valence-electron chi connectivity index (χ0n) is 16.5. The molecule has 2 aromatic carbocycles. The van der Waals surface area contributed by atoms with Crippen LogP contribution in [-0.2, 0) is 4.74 Å². The van der Waals surface area contributed by atoms with Crippen molar-refractivity contribution in [3.05, 3.63) is 48.0 Å². The number of phenolic OH excluding ortho intramolecular Hbond substituents is 3. The fraction of sp³-hybridized carbons (Fsp3) is 0.333. The fourth-order valence-electron chi connectivity index (χ4n) is 3.24. The van der Waals surface area contributed by atoms with Crippen molar-refractivity contribution in [1.29, 1.82) is 0 Å². The molecule has 10 heteroatoms. The minimum atomic E-state index is -1.68. The first-order valence-corrected chi connectivity index (χ1v) is 9.27. The number of aliphatic hydroxyl groups excluding tert-OH is 4. The number of hydrogen-bond donors (Lipinski definition) is 7. The van der Waals surface area contributed by atoms with Crippen molar-refractivity contribution >= 4 is 5.57 Å². The Morgan fingerprint density at radius 1 is 0.968 bits per heavy atom. The lowest BCUT2D eigenvalue weighted by Gasteiger charge is -2.39. The fourth-order valence-corrected chi connectivity index (χ4v) is 3.24. The van der Waals surface area contributed by atoms with Gasteiger partial charge in [0.25, 0.3) is 0 Å². The van der Waals surface area contributed by atoms with Crippen molar-refractivity contribution in [3.63, 3.8) is 0 Å². The minimum Gasteiger partial charge on any atom is -0.507 e. The van der Waals surface area contributed by atoms with Crippen LogP contribution >= 0.6 is 0 Å². The van der Waals surface area contributed by atoms with Crippen LogP contribution in [0.15, 0.2) is 36.9 Å². The van der Waals surface area contributed by atoms with Gasteiger partial charge in [0.2, 0.25) is 6.29 Å². The van der Waals surface area contributed by atoms with Crippen LogP contribution < -0.4 is 9.47 Å². The molecule has 0 spiro atoms. The van der Waals surface area contributed by atoms with Crippen molar-refractivity contribution in [1.82, 2.24) is 0 Å². The van der Waals surface area contributed by atoms with Crippen LogP contribution in [0.5, 0.6) is 28.7 Å². The summed E-state index contributed by atoms with van der Waals surface area (Å²) < 4.78 is 16.2. The molecule has 0 aromatic heterocycles. The predicted molar refractivity (Wildman–Crippen MR) is 107 cm³/mol. The highest BCUT2D eigenvalue weighted by atomic mass is 16.7. The summed E-state index contributed by atoms with van der Waals surface area (Å²) in [6.07, 6.45) is -7.60. The van der Waals surface area contributed by atoms with Crippen molar-refractivity contribution < 1.29 is 50.0 Å². The first-order valence-electron chi connectivity index (χ1n) is 9.27. The van der Waals surface area contributed by atoms with Crippen LogP contribution in [0.2, 0.25) is 0 Å². The second-order valence-corrected chi connectivity index (χ2v) is 7.02. The van der Waals surface area contributed by atoms with Crippen LogP contribution in [0.25, 0.3) is 5.57 Å². The van der Waals surface area contributed by atoms with Crippen LogP contribution in [-0.4, -0.2) is 80.2 Å². The third-order valence-electron chi connectivity index (χ3n) is 5.01. The van der Waals surface area contributed by atoms with E-state index in [2.05, 4.69) is 6.58 Å². The second kappa shape index (κ2) is 9.00. The van der Waals surface area contributed by atoms with Crippen molar-refractivity contribution in [2.24, 2.45) is 0 Å². The van der Waals surface area contributed by atoms with E-state index in [4.69, 9.17) is 14.2 Å². The lowest BCUT2D eigenvalue weighted by molar-refractivity contribution is -0.277. The second-order valence-electron chi connectivity index (χ2n) is 7.02. The molecule has 1 heterocycles. The standard InChI is InChI=1S/C21H24O10/c1-9(10-3-4-12(23)13(24)5-10)17-14(25)6-11(29-2)7-15(17)30-21-20(28)19(27)18(26)16(8-22)31-21/h3-7,16,18-28H,1,8H2,2H3/t16-,18-,19+,20-,21-/m1/s1. The van der Waals surface area contributed by atoms with Gasteiger partial charge in [0.15, 0.2) is 11.5 Å². The zero-order chi connectivity index (χ0) is 22.9. The van der Waals surface area contributed by atoms with Gasteiger partial charge >= 0.3 is 0 Å². The molecule has 1 saturated heterocycles. The van der Waals surface area contributed by atoms with Gasteiger partial charge in [-0.15, -0.1) is 0 Å². The van der Waals surface area contributed by atoms with Gasteiger partial charge in [-0.05, 0) is 23.3 Å². The lowest BCUT2D eigenvalue weighted by atomic mass is 9.96. The molecule has 0 radical (unpaired) electrons. The smallest absolute Gasteiger partial charge is 0.229 e. The number of hydrogen-bond acceptors (Lipinski definition) is 10. The third-order valence-corrected chi connectivity index (χ3v) is 5.01. The maximum absolute atomic E-state index is 10.6. The highest BCUT2D eigenvalue weighted by Gasteiger charge is 2.45. The lowest BCUT2D eigenvalue weighted by Crippen LogP contribution is -2.60. The first-order chi connectivity index (χ1) is 14.7. The molecular formula is C21H24O10. The van der Waals surface area contributed by atoms with Crippen molar-refractivity contribution in [3.8, 4) is 28.7 Å². The summed E-state index contributed by atoms with van der Waals surface area (Å²) in [5, 5.41) is 69.5. The Morgan fingerprint density at radius 3 is 2.29 bits per heavy atom. The molecule has 3 rings (SSSR count). The number of methoxy groups -OCH3 is 1. The number of benzene rings is 2. The molecule has 5 atom stereocenters. The van der Waals surface area contributed by atoms with Crippen LogP contribution in [0.1, 0.15) is 11.1 Å². The van der Waals surface area contributed by atoms with E-state index in [0.717, 1.165) is 0 Å². The summed E-state index contributed by atoms with van der Waals surface area (Å²) in [4.78, 5) is 0. The van der Waals surface area contributed by atoms with Gasteiger partial charge in [-0.25, -0.2) is 0 Å². The molecule has 2 aromatic rings. The third kappa shape index (κ3) is 4.38. The maximum Gasteiger partial charge on any atom is 0.229 e. The Morgan fingerprint density at radius 2 is 1.68 bits per heavy atom. The number of phenols is 3. The molecule has 0 unspecified atom stereocenters. The summed E-state index contributed by atoms with van der Waals surface area (Å²) in [7, 11) is 1.36. The van der Waals surface area contributed by atoms with Gasteiger partial charge in [-0.3, -0.25) is 0 Å². The van der Waals surface area contributed by atoms with Crippen LogP contribution in [0.4, 0.5) is 0 Å². The van der Waals surface area contributed by atoms with Crippen LogP contribution in [0.3, 0.4) is 0 Å². The minimum absolute atomic E-state index is 0.0567. The predicted octanol–water partition coefficient (Wildman–Crippen LogP) is 0.0522. The van der Waals surface area contributed by atoms with E-state index in [0.29, 0.717) is 5.56 Å². The van der Waals surface area contributed by atoms with E-state index < -0.39 is 43.1 Å². The van der Waals surface area contributed by atoms with E-state index in [1.165, 1.54) is 37.4 Å². The monoisotopic (exact) mass is 436 g/mol. The molecule has 1 aliphatic heterocycles. The maximum atomic E-state index is 10.6. The van der Waals surface area contributed by atoms with Crippen LogP contribution in [0, 0.1) is 0 Å². The summed E-state index contributed by atoms with van der Waals surface area (Å²) in [6, 6.07) is 6.61. The number of aliphatic hydroxyl groups is 4. The Hall–Kier alpha value is -3.02. The van der Waals surface area contributed by atoms with Crippen molar-refractivity contribution in [2.75, 3.05) is 13.7 Å². The Labute approximate surface area is 177 Å². The van der Waals surface area contributed by atoms with E-state index in [1.54, 1.807) is 0 Å². The van der Waals surface area contributed by atoms with E-state index >= 15 is 0 Å². The Balaban J connectivity index is 2.02. The van der Waals surface area contributed by atoms with E-state index in [-0.39, 0.29) is 34.1 Å². The normalized spacial score (nSPS) is 25.8. The molecule has 1 fully saturated rings. The van der Waals surface area contributed by atoms with Gasteiger partial charge in [0, 0.05) is 12.1 Å². The Kier molecular flexibility index (Phi) is 6.58. The molecular weight excluding hydrogens is 412 g/mol. The number of ether oxygens (including phenoxy) is 3. The zero-order valence-corrected chi connectivity index (χ0v) is 16.5. The van der Waals surface area contributed by atoms with Gasteiger partial charge in [0.1, 0.15) is 41.7 Å². The van der Waals surface area contributed by atoms with Gasteiger partial charge in [-0.2, -0.15) is 0 Å². The van der Waals surface area contributed by atoms with Gasteiger partial charge in [0.05, 0.1) is 19.3 Å². The Bertz CT molecular complexity index is 957. The average Bonchev–Trinajstić information content (AvgIpc) is 2.75. The topological polar surface area (TPSA) is 169 Å². The quantitative estimate of drug-likeness (QED) is 0.307. The molecule has 168 valence electrons. The number of aromatic hydroxyl groups is 3. The summed E-state index contributed by atoms with van der Waals surface area (Å²) in [5.74, 6) is -0.909. The number of rotatable bonds is 6. The average molecular weight is 436 g/mol. The highest BCUT2D eigenvalue weighted by Crippen LogP contribution is 2.42. The largest absolute Gasteiger partial charge is 0.507 e. The summed E-state index contributed by atoms with van der Waals surface area (Å²) in [6.45, 7) is 3.27. The molecule has 31 heavy (non-hydrogen) atoms. The molecule has 1 aliphatic rings. The summed E-state index contributed by atoms with van der Waals surface area (Å²) in [5.41, 5.74) is 0.590. The molecule has 7 N–H and O–H groups in total. The highest BCUT2D eigenvalue weighted by molar-refractivity contribution is 5.85. The first kappa shape index (κ1) is 22.7. The SMILES string of the molecule is C=C(c1ccc(O)c(O)c1)c1c(O)cc(OC)cc1O[C@@H]1O[C@H](CO)[C@@H](O)[C@H](O)[C@H]1O. The van der Waals surface area contributed by atoms with E-state index in [1.807, 2.05) is 0 Å². The van der Waals surface area contributed by atoms with Gasteiger partial charge in [-0.1, -0.05) is 12.6 Å². The molecule has 0 amide bonds. The molecule has 0 bridgehead atoms. The van der Waals surface area contributed by atoms with E-state index in [9.17, 15) is 35.7 Å². The molecule has 0 aliphatic carbocycles. The summed E-state index contributed by atoms with van der Waals surface area (Å²) >= 11 is 0. The van der Waals surface area contributed by atoms with Gasteiger partial charge < -0.3 is 50.0 Å².